The molecule has 5 heteroatoms. The summed E-state index contributed by atoms with van der Waals surface area (Å²) in [7, 11) is 0. The van der Waals surface area contributed by atoms with E-state index in [1.165, 1.54) is 5.56 Å². The van der Waals surface area contributed by atoms with Crippen molar-refractivity contribution in [2.75, 3.05) is 0 Å². The van der Waals surface area contributed by atoms with E-state index >= 15 is 0 Å². The van der Waals surface area contributed by atoms with E-state index in [-0.39, 0.29) is 11.6 Å². The number of aromatic nitrogens is 2. The van der Waals surface area contributed by atoms with Crippen molar-refractivity contribution >= 4 is 10.9 Å². The van der Waals surface area contributed by atoms with E-state index in [0.717, 1.165) is 0 Å². The molecule has 1 atom stereocenters. The molecular formula is C17H18N4O. The van der Waals surface area contributed by atoms with Crippen LogP contribution < -0.4 is 16.4 Å². The zero-order valence-electron chi connectivity index (χ0n) is 12.3. The summed E-state index contributed by atoms with van der Waals surface area (Å²) < 4.78 is 0. The highest BCUT2D eigenvalue weighted by atomic mass is 16.1. The van der Waals surface area contributed by atoms with Crippen molar-refractivity contribution in [2.45, 2.75) is 19.5 Å². The molecule has 0 saturated heterocycles. The third kappa shape index (κ3) is 3.21. The normalized spacial score (nSPS) is 12.4. The Morgan fingerprint density at radius 2 is 1.82 bits per heavy atom. The zero-order chi connectivity index (χ0) is 15.4. The van der Waals surface area contributed by atoms with Gasteiger partial charge in [0.15, 0.2) is 0 Å². The molecule has 0 unspecified atom stereocenters. The zero-order valence-corrected chi connectivity index (χ0v) is 12.3. The molecule has 0 spiro atoms. The average molecular weight is 294 g/mol. The molecule has 2 aromatic carbocycles. The van der Waals surface area contributed by atoms with Crippen LogP contribution in [-0.4, -0.2) is 9.97 Å². The smallest absolute Gasteiger partial charge is 0.258 e. The number of rotatable bonds is 5. The van der Waals surface area contributed by atoms with Gasteiger partial charge in [0.2, 0.25) is 0 Å². The van der Waals surface area contributed by atoms with Crippen LogP contribution in [0.2, 0.25) is 0 Å². The van der Waals surface area contributed by atoms with E-state index in [0.29, 0.717) is 23.3 Å². The molecule has 0 saturated carbocycles. The van der Waals surface area contributed by atoms with Gasteiger partial charge in [-0.15, -0.1) is 0 Å². The van der Waals surface area contributed by atoms with E-state index in [1.807, 2.05) is 36.4 Å². The van der Waals surface area contributed by atoms with Crippen LogP contribution in [0.15, 0.2) is 59.4 Å². The number of hydrogen-bond donors (Lipinski definition) is 3. The van der Waals surface area contributed by atoms with Gasteiger partial charge < -0.3 is 4.98 Å². The summed E-state index contributed by atoms with van der Waals surface area (Å²) >= 11 is 0. The molecule has 3 N–H and O–H groups in total. The van der Waals surface area contributed by atoms with Crippen molar-refractivity contribution in [1.29, 1.82) is 0 Å². The molecule has 22 heavy (non-hydrogen) atoms. The van der Waals surface area contributed by atoms with Gasteiger partial charge in [-0.25, -0.2) is 10.4 Å². The maximum Gasteiger partial charge on any atom is 0.258 e. The molecular weight excluding hydrogens is 276 g/mol. The Hall–Kier alpha value is -2.50. The molecule has 0 aliphatic carbocycles. The van der Waals surface area contributed by atoms with Crippen molar-refractivity contribution in [1.82, 2.24) is 20.8 Å². The van der Waals surface area contributed by atoms with Gasteiger partial charge in [0.25, 0.3) is 5.56 Å². The molecule has 5 nitrogen and oxygen atoms in total. The lowest BCUT2D eigenvalue weighted by Gasteiger charge is -2.15. The molecule has 0 amide bonds. The SMILES string of the molecule is C[C@H](NNCc1nc2ccccc2c(=O)[nH]1)c1ccccc1. The Morgan fingerprint density at radius 3 is 2.64 bits per heavy atom. The number of aromatic amines is 1. The Balaban J connectivity index is 1.66. The molecule has 3 rings (SSSR count). The van der Waals surface area contributed by atoms with Crippen LogP contribution in [0.4, 0.5) is 0 Å². The van der Waals surface area contributed by atoms with Gasteiger partial charge >= 0.3 is 0 Å². The second-order valence-electron chi connectivity index (χ2n) is 5.16. The first-order chi connectivity index (χ1) is 10.7. The minimum absolute atomic E-state index is 0.112. The summed E-state index contributed by atoms with van der Waals surface area (Å²) in [5.41, 5.74) is 8.10. The maximum absolute atomic E-state index is 12.0. The Bertz CT molecular complexity index is 814. The molecule has 0 aliphatic heterocycles. The Kier molecular flexibility index (Phi) is 4.27. The number of hydrazine groups is 1. The number of fused-ring (bicyclic) bond motifs is 1. The summed E-state index contributed by atoms with van der Waals surface area (Å²) in [4.78, 5) is 19.2. The summed E-state index contributed by atoms with van der Waals surface area (Å²) in [5, 5.41) is 0.608. The van der Waals surface area contributed by atoms with E-state index < -0.39 is 0 Å². The first-order valence-corrected chi connectivity index (χ1v) is 7.25. The first-order valence-electron chi connectivity index (χ1n) is 7.25. The number of nitrogens with zero attached hydrogens (tertiary/aromatic N) is 1. The van der Waals surface area contributed by atoms with E-state index in [4.69, 9.17) is 0 Å². The van der Waals surface area contributed by atoms with Gasteiger partial charge in [0, 0.05) is 6.04 Å². The topological polar surface area (TPSA) is 69.8 Å². The van der Waals surface area contributed by atoms with Crippen molar-refractivity contribution in [3.05, 3.63) is 76.3 Å². The monoisotopic (exact) mass is 294 g/mol. The molecule has 1 heterocycles. The first kappa shape index (κ1) is 14.4. The number of benzene rings is 2. The lowest BCUT2D eigenvalue weighted by atomic mass is 10.1. The summed E-state index contributed by atoms with van der Waals surface area (Å²) in [6, 6.07) is 17.6. The van der Waals surface area contributed by atoms with Gasteiger partial charge in [0.1, 0.15) is 5.82 Å². The second-order valence-corrected chi connectivity index (χ2v) is 5.16. The van der Waals surface area contributed by atoms with E-state index in [2.05, 4.69) is 39.9 Å². The van der Waals surface area contributed by atoms with E-state index in [1.54, 1.807) is 6.07 Å². The third-order valence-electron chi connectivity index (χ3n) is 3.54. The van der Waals surface area contributed by atoms with E-state index in [9.17, 15) is 4.79 Å². The molecule has 0 fully saturated rings. The molecule has 0 bridgehead atoms. The number of para-hydroxylation sites is 1. The molecule has 112 valence electrons. The van der Waals surface area contributed by atoms with Gasteiger partial charge in [-0.1, -0.05) is 42.5 Å². The fourth-order valence-corrected chi connectivity index (χ4v) is 2.33. The van der Waals surface area contributed by atoms with Crippen LogP contribution in [-0.2, 0) is 6.54 Å². The number of nitrogens with one attached hydrogen (secondary N) is 3. The van der Waals surface area contributed by atoms with Crippen LogP contribution in [0.25, 0.3) is 10.9 Å². The summed E-state index contributed by atoms with van der Waals surface area (Å²) in [6.07, 6.45) is 0. The predicted molar refractivity (Wildman–Crippen MR) is 87.2 cm³/mol. The molecule has 0 radical (unpaired) electrons. The Labute approximate surface area is 128 Å². The average Bonchev–Trinajstić information content (AvgIpc) is 2.56. The van der Waals surface area contributed by atoms with Crippen molar-refractivity contribution < 1.29 is 0 Å². The van der Waals surface area contributed by atoms with Gasteiger partial charge in [-0.05, 0) is 24.6 Å². The third-order valence-corrected chi connectivity index (χ3v) is 3.54. The molecule has 0 aliphatic rings. The van der Waals surface area contributed by atoms with Crippen LogP contribution >= 0.6 is 0 Å². The Morgan fingerprint density at radius 1 is 1.09 bits per heavy atom. The molecule has 3 aromatic rings. The summed E-state index contributed by atoms with van der Waals surface area (Å²) in [5.74, 6) is 0.608. The summed E-state index contributed by atoms with van der Waals surface area (Å²) in [6.45, 7) is 2.51. The van der Waals surface area contributed by atoms with Crippen LogP contribution in [0.3, 0.4) is 0 Å². The highest BCUT2D eigenvalue weighted by molar-refractivity contribution is 5.77. The van der Waals surface area contributed by atoms with Gasteiger partial charge in [-0.2, -0.15) is 0 Å². The van der Waals surface area contributed by atoms with Gasteiger partial charge in [0.05, 0.1) is 17.4 Å². The lowest BCUT2D eigenvalue weighted by Crippen LogP contribution is -2.34. The maximum atomic E-state index is 12.0. The highest BCUT2D eigenvalue weighted by Crippen LogP contribution is 2.10. The standard InChI is InChI=1S/C17H18N4O/c1-12(13-7-3-2-4-8-13)21-18-11-16-19-15-10-6-5-9-14(15)17(22)20-16/h2-10,12,18,21H,11H2,1H3,(H,19,20,22)/t12-/m0/s1. The molecule has 1 aromatic heterocycles. The predicted octanol–water partition coefficient (Wildman–Crippen LogP) is 2.28. The fraction of sp³-hybridized carbons (Fsp3) is 0.176. The lowest BCUT2D eigenvalue weighted by molar-refractivity contribution is 0.453. The van der Waals surface area contributed by atoms with Gasteiger partial charge in [-0.3, -0.25) is 10.2 Å². The number of H-pyrrole nitrogens is 1. The highest BCUT2D eigenvalue weighted by Gasteiger charge is 2.05. The van der Waals surface area contributed by atoms with Crippen LogP contribution in [0.1, 0.15) is 24.4 Å². The van der Waals surface area contributed by atoms with Crippen LogP contribution in [0.5, 0.6) is 0 Å². The van der Waals surface area contributed by atoms with Crippen molar-refractivity contribution in [3.63, 3.8) is 0 Å². The minimum Gasteiger partial charge on any atom is -0.309 e. The van der Waals surface area contributed by atoms with Crippen LogP contribution in [0, 0.1) is 0 Å². The fourth-order valence-electron chi connectivity index (χ4n) is 2.33. The number of hydrogen-bond acceptors (Lipinski definition) is 4. The second kappa shape index (κ2) is 6.51. The van der Waals surface area contributed by atoms with Crippen molar-refractivity contribution in [2.24, 2.45) is 0 Å². The quantitative estimate of drug-likeness (QED) is 0.631. The minimum atomic E-state index is -0.112. The largest absolute Gasteiger partial charge is 0.309 e. The van der Waals surface area contributed by atoms with Crippen molar-refractivity contribution in [3.8, 4) is 0 Å².